The van der Waals surface area contributed by atoms with E-state index in [1.54, 1.807) is 20.8 Å². The average Bonchev–Trinajstić information content (AvgIpc) is 2.90. The lowest BCUT2D eigenvalue weighted by Gasteiger charge is -2.20. The number of carbonyl (C=O) groups is 1. The molecule has 0 amide bonds. The molecule has 1 aliphatic heterocycles. The second-order valence-electron chi connectivity index (χ2n) is 6.97. The van der Waals surface area contributed by atoms with Crippen LogP contribution in [0.3, 0.4) is 0 Å². The highest BCUT2D eigenvalue weighted by atomic mass is 16.6. The smallest absolute Gasteiger partial charge is 0.330 e. The topological polar surface area (TPSA) is 90.4 Å². The molecule has 1 aliphatic rings. The summed E-state index contributed by atoms with van der Waals surface area (Å²) in [6, 6.07) is 8.69. The van der Waals surface area contributed by atoms with Crippen molar-refractivity contribution in [3.63, 3.8) is 0 Å². The predicted octanol–water partition coefficient (Wildman–Crippen LogP) is 1.74. The Bertz CT molecular complexity index is 906. The quantitative estimate of drug-likeness (QED) is 0.857. The summed E-state index contributed by atoms with van der Waals surface area (Å²) in [4.78, 5) is 37.6. The molecule has 0 saturated carbocycles. The van der Waals surface area contributed by atoms with Crippen LogP contribution in [0, 0.1) is 5.41 Å². The number of hydrogen-bond acceptors (Lipinski definition) is 5. The lowest BCUT2D eigenvalue weighted by atomic mass is 9.97. The van der Waals surface area contributed by atoms with E-state index < -0.39 is 29.0 Å². The number of aromatic nitrogens is 2. The summed E-state index contributed by atoms with van der Waals surface area (Å²) in [6.45, 7) is 5.39. The van der Waals surface area contributed by atoms with Crippen LogP contribution in [0.4, 0.5) is 0 Å². The predicted molar refractivity (Wildman–Crippen MR) is 90.1 cm³/mol. The molecule has 0 bridgehead atoms. The molecular weight excluding hydrogens is 324 g/mol. The molecule has 1 N–H and O–H groups in total. The first-order valence-electron chi connectivity index (χ1n) is 8.00. The van der Waals surface area contributed by atoms with Gasteiger partial charge in [0, 0.05) is 17.8 Å². The van der Waals surface area contributed by atoms with Gasteiger partial charge in [0.1, 0.15) is 12.7 Å². The van der Waals surface area contributed by atoms with Crippen LogP contribution in [-0.2, 0) is 14.3 Å². The summed E-state index contributed by atoms with van der Waals surface area (Å²) in [5, 5.41) is 0. The molecule has 0 saturated heterocycles. The van der Waals surface area contributed by atoms with Crippen molar-refractivity contribution in [2.75, 3.05) is 6.61 Å². The van der Waals surface area contributed by atoms with Crippen LogP contribution in [0.1, 0.15) is 44.2 Å². The third-order valence-electron chi connectivity index (χ3n) is 3.98. The van der Waals surface area contributed by atoms with E-state index in [4.69, 9.17) is 9.47 Å². The SMILES string of the molecule is CC(C)(C)C(=O)OC[C@@H]1O[C@@H](n2ccc(=O)[nH]c2=O)c2ccccc21. The molecule has 0 fully saturated rings. The van der Waals surface area contributed by atoms with Crippen molar-refractivity contribution < 1.29 is 14.3 Å². The summed E-state index contributed by atoms with van der Waals surface area (Å²) in [6.07, 6.45) is 0.233. The number of rotatable bonds is 3. The van der Waals surface area contributed by atoms with Crippen LogP contribution in [-0.4, -0.2) is 22.1 Å². The first kappa shape index (κ1) is 17.2. The number of benzene rings is 1. The van der Waals surface area contributed by atoms with E-state index >= 15 is 0 Å². The molecule has 2 aromatic rings. The number of fused-ring (bicyclic) bond motifs is 1. The van der Waals surface area contributed by atoms with E-state index in [2.05, 4.69) is 4.98 Å². The Hall–Kier alpha value is -2.67. The van der Waals surface area contributed by atoms with Crippen molar-refractivity contribution in [2.45, 2.75) is 33.1 Å². The van der Waals surface area contributed by atoms with Crippen LogP contribution in [0.15, 0.2) is 46.1 Å². The highest BCUT2D eigenvalue weighted by Gasteiger charge is 2.35. The molecule has 0 unspecified atom stereocenters. The molecule has 3 rings (SSSR count). The molecule has 7 heteroatoms. The van der Waals surface area contributed by atoms with Crippen LogP contribution >= 0.6 is 0 Å². The minimum absolute atomic E-state index is 0.0573. The maximum absolute atomic E-state index is 12.1. The van der Waals surface area contributed by atoms with Crippen molar-refractivity contribution in [1.29, 1.82) is 0 Å². The zero-order valence-electron chi connectivity index (χ0n) is 14.3. The van der Waals surface area contributed by atoms with Crippen molar-refractivity contribution in [3.05, 3.63) is 68.5 Å². The van der Waals surface area contributed by atoms with Crippen molar-refractivity contribution in [2.24, 2.45) is 5.41 Å². The third-order valence-corrected chi connectivity index (χ3v) is 3.98. The summed E-state index contributed by atoms with van der Waals surface area (Å²) >= 11 is 0. The molecule has 2 atom stereocenters. The van der Waals surface area contributed by atoms with Crippen LogP contribution in [0.2, 0.25) is 0 Å². The number of carbonyl (C=O) groups excluding carboxylic acids is 1. The molecule has 7 nitrogen and oxygen atoms in total. The second kappa shape index (κ2) is 6.33. The zero-order chi connectivity index (χ0) is 18.2. The zero-order valence-corrected chi connectivity index (χ0v) is 14.3. The summed E-state index contributed by atoms with van der Waals surface area (Å²) < 4.78 is 12.6. The summed E-state index contributed by atoms with van der Waals surface area (Å²) in [5.74, 6) is -0.321. The minimum atomic E-state index is -0.682. The maximum atomic E-state index is 12.1. The first-order valence-corrected chi connectivity index (χ1v) is 8.00. The van der Waals surface area contributed by atoms with Gasteiger partial charge < -0.3 is 9.47 Å². The highest BCUT2D eigenvalue weighted by Crippen LogP contribution is 2.39. The van der Waals surface area contributed by atoms with Gasteiger partial charge in [-0.2, -0.15) is 0 Å². The number of aromatic amines is 1. The third kappa shape index (κ3) is 3.41. The second-order valence-corrected chi connectivity index (χ2v) is 6.97. The summed E-state index contributed by atoms with van der Waals surface area (Å²) in [7, 11) is 0. The molecule has 25 heavy (non-hydrogen) atoms. The molecular formula is C18H20N2O5. The number of nitrogens with zero attached hydrogens (tertiary/aromatic N) is 1. The number of esters is 1. The van der Waals surface area contributed by atoms with E-state index in [1.165, 1.54) is 16.8 Å². The Kier molecular flexibility index (Phi) is 4.34. The van der Waals surface area contributed by atoms with Crippen LogP contribution < -0.4 is 11.2 Å². The van der Waals surface area contributed by atoms with E-state index in [-0.39, 0.29) is 12.6 Å². The molecule has 0 aliphatic carbocycles. The Morgan fingerprint density at radius 2 is 1.88 bits per heavy atom. The van der Waals surface area contributed by atoms with Crippen LogP contribution in [0.5, 0.6) is 0 Å². The fourth-order valence-electron chi connectivity index (χ4n) is 2.66. The fraction of sp³-hybridized carbons (Fsp3) is 0.389. The van der Waals surface area contributed by atoms with E-state index in [9.17, 15) is 14.4 Å². The van der Waals surface area contributed by atoms with Crippen LogP contribution in [0.25, 0.3) is 0 Å². The van der Waals surface area contributed by atoms with Gasteiger partial charge in [0.2, 0.25) is 0 Å². The number of ether oxygens (including phenoxy) is 2. The molecule has 1 aromatic carbocycles. The van der Waals surface area contributed by atoms with Crippen molar-refractivity contribution >= 4 is 5.97 Å². The standard InChI is InChI=1S/C18H20N2O5/c1-18(2,3)16(22)24-10-13-11-6-4-5-7-12(11)15(25-13)20-9-8-14(21)19-17(20)23/h4-9,13,15H,10H2,1-3H3,(H,19,21,23)/t13-,15+/m0/s1. The Balaban J connectivity index is 1.88. The Labute approximate surface area is 144 Å². The van der Waals surface area contributed by atoms with E-state index in [1.807, 2.05) is 24.3 Å². The Morgan fingerprint density at radius 3 is 2.52 bits per heavy atom. The van der Waals surface area contributed by atoms with Gasteiger partial charge in [-0.05, 0) is 26.3 Å². The monoisotopic (exact) mass is 344 g/mol. The lowest BCUT2D eigenvalue weighted by molar-refractivity contribution is -0.158. The van der Waals surface area contributed by atoms with Gasteiger partial charge in [-0.1, -0.05) is 24.3 Å². The molecule has 0 radical (unpaired) electrons. The molecule has 132 valence electrons. The number of hydrogen-bond donors (Lipinski definition) is 1. The average molecular weight is 344 g/mol. The van der Waals surface area contributed by atoms with Gasteiger partial charge in [-0.3, -0.25) is 19.1 Å². The van der Waals surface area contributed by atoms with Crippen molar-refractivity contribution in [1.82, 2.24) is 9.55 Å². The fourth-order valence-corrected chi connectivity index (χ4v) is 2.66. The first-order chi connectivity index (χ1) is 11.8. The number of H-pyrrole nitrogens is 1. The van der Waals surface area contributed by atoms with E-state index in [0.717, 1.165) is 11.1 Å². The lowest BCUT2D eigenvalue weighted by Crippen LogP contribution is -2.32. The van der Waals surface area contributed by atoms with Crippen molar-refractivity contribution in [3.8, 4) is 0 Å². The van der Waals surface area contributed by atoms with Gasteiger partial charge in [0.05, 0.1) is 5.41 Å². The van der Waals surface area contributed by atoms with Gasteiger partial charge in [-0.15, -0.1) is 0 Å². The minimum Gasteiger partial charge on any atom is -0.462 e. The van der Waals surface area contributed by atoms with Gasteiger partial charge in [0.25, 0.3) is 5.56 Å². The Morgan fingerprint density at radius 1 is 1.20 bits per heavy atom. The molecule has 2 heterocycles. The molecule has 1 aromatic heterocycles. The summed E-state index contributed by atoms with van der Waals surface area (Å²) in [5.41, 5.74) is 0.0245. The number of nitrogens with one attached hydrogen (secondary N) is 1. The maximum Gasteiger partial charge on any atom is 0.330 e. The normalized spacial score (nSPS) is 19.5. The highest BCUT2D eigenvalue weighted by molar-refractivity contribution is 5.75. The largest absolute Gasteiger partial charge is 0.462 e. The van der Waals surface area contributed by atoms with Gasteiger partial charge in [-0.25, -0.2) is 4.79 Å². The van der Waals surface area contributed by atoms with E-state index in [0.29, 0.717) is 0 Å². The van der Waals surface area contributed by atoms with Gasteiger partial charge in [0.15, 0.2) is 6.23 Å². The molecule has 0 spiro atoms. The van der Waals surface area contributed by atoms with Gasteiger partial charge >= 0.3 is 11.7 Å².